The first-order chi connectivity index (χ1) is 14.8. The number of unbranched alkanes of at least 4 members (excludes halogenated alkanes) is 3. The van der Waals surface area contributed by atoms with Crippen molar-refractivity contribution in [1.29, 1.82) is 0 Å². The first kappa shape index (κ1) is 26.4. The summed E-state index contributed by atoms with van der Waals surface area (Å²) in [5.74, 6) is -0.150. The van der Waals surface area contributed by atoms with Gasteiger partial charge in [-0.2, -0.15) is 0 Å². The van der Waals surface area contributed by atoms with E-state index in [1.54, 1.807) is 0 Å². The van der Waals surface area contributed by atoms with E-state index in [0.29, 0.717) is 59.4 Å². The second-order valence-corrected chi connectivity index (χ2v) is 6.71. The molecule has 0 aliphatic carbocycles. The Balaban J connectivity index is 1.81. The van der Waals surface area contributed by atoms with Crippen molar-refractivity contribution < 1.29 is 28.5 Å². The van der Waals surface area contributed by atoms with Gasteiger partial charge in [-0.05, 0) is 6.42 Å². The number of nitrogens with one attached hydrogen (secondary N) is 1. The van der Waals surface area contributed by atoms with Crippen LogP contribution in [0.5, 0.6) is 0 Å². The van der Waals surface area contributed by atoms with Gasteiger partial charge in [-0.25, -0.2) is 0 Å². The molecule has 0 aromatic carbocycles. The summed E-state index contributed by atoms with van der Waals surface area (Å²) in [5.41, 5.74) is 0.840. The number of hydrogen-bond donors (Lipinski definition) is 1. The zero-order valence-corrected chi connectivity index (χ0v) is 18.5. The fourth-order valence-electron chi connectivity index (χ4n) is 2.50. The number of hydrogen-bond acceptors (Lipinski definition) is 8. The van der Waals surface area contributed by atoms with Crippen molar-refractivity contribution in [2.75, 3.05) is 66.5 Å². The van der Waals surface area contributed by atoms with Crippen molar-refractivity contribution in [2.24, 2.45) is 0 Å². The minimum absolute atomic E-state index is 0.0644. The molecule has 0 spiro atoms. The molecule has 1 aromatic rings. The van der Waals surface area contributed by atoms with Gasteiger partial charge < -0.3 is 29.0 Å². The van der Waals surface area contributed by atoms with Crippen molar-refractivity contribution >= 4 is 5.91 Å². The summed E-state index contributed by atoms with van der Waals surface area (Å²) >= 11 is 0. The highest BCUT2D eigenvalue weighted by molar-refractivity contribution is 5.77. The van der Waals surface area contributed by atoms with Crippen molar-refractivity contribution in [3.8, 4) is 0 Å². The second-order valence-electron chi connectivity index (χ2n) is 6.71. The maximum absolute atomic E-state index is 11.1. The summed E-state index contributed by atoms with van der Waals surface area (Å²) in [5, 5.41) is 10.9. The van der Waals surface area contributed by atoms with E-state index < -0.39 is 0 Å². The molecular weight excluding hydrogens is 392 g/mol. The van der Waals surface area contributed by atoms with Crippen LogP contribution in [0.25, 0.3) is 0 Å². The quantitative estimate of drug-likeness (QED) is 0.290. The molecule has 0 fully saturated rings. The van der Waals surface area contributed by atoms with Crippen LogP contribution in [0.3, 0.4) is 0 Å². The first-order valence-corrected chi connectivity index (χ1v) is 10.7. The molecule has 0 saturated heterocycles. The minimum Gasteiger partial charge on any atom is -0.377 e. The largest absolute Gasteiger partial charge is 0.377 e. The lowest BCUT2D eigenvalue weighted by molar-refractivity contribution is -0.125. The topological polar surface area (TPSA) is 106 Å². The number of amides is 1. The summed E-state index contributed by atoms with van der Waals surface area (Å²) in [6.45, 7) is 7.50. The highest BCUT2D eigenvalue weighted by atomic mass is 16.6. The number of aryl methyl sites for hydroxylation is 1. The lowest BCUT2D eigenvalue weighted by atomic mass is 10.2. The molecule has 10 nitrogen and oxygen atoms in total. The minimum atomic E-state index is -0.150. The highest BCUT2D eigenvalue weighted by Crippen LogP contribution is 2.02. The Labute approximate surface area is 179 Å². The molecule has 0 saturated carbocycles. The summed E-state index contributed by atoms with van der Waals surface area (Å²) in [7, 11) is 1.48. The lowest BCUT2D eigenvalue weighted by Crippen LogP contribution is -2.30. The van der Waals surface area contributed by atoms with Crippen LogP contribution in [0, 0.1) is 0 Å². The first-order valence-electron chi connectivity index (χ1n) is 10.7. The second kappa shape index (κ2) is 19.4. The number of methoxy groups -OCH3 is 1. The van der Waals surface area contributed by atoms with E-state index in [9.17, 15) is 4.79 Å². The molecule has 0 radical (unpaired) electrons. The van der Waals surface area contributed by atoms with Crippen LogP contribution in [-0.4, -0.2) is 87.4 Å². The van der Waals surface area contributed by atoms with Crippen molar-refractivity contribution in [1.82, 2.24) is 20.3 Å². The van der Waals surface area contributed by atoms with Gasteiger partial charge in [0, 0.05) is 20.2 Å². The zero-order valence-electron chi connectivity index (χ0n) is 18.5. The Kier molecular flexibility index (Phi) is 17.1. The molecule has 10 heteroatoms. The van der Waals surface area contributed by atoms with E-state index in [1.165, 1.54) is 26.4 Å². The monoisotopic (exact) mass is 430 g/mol. The lowest BCUT2D eigenvalue weighted by Gasteiger charge is -2.07. The molecule has 0 bridgehead atoms. The Morgan fingerprint density at radius 3 is 2.30 bits per heavy atom. The molecule has 30 heavy (non-hydrogen) atoms. The molecule has 1 amide bonds. The molecule has 0 aliphatic rings. The number of rotatable bonds is 21. The maximum Gasteiger partial charge on any atom is 0.246 e. The summed E-state index contributed by atoms with van der Waals surface area (Å²) in [4.78, 5) is 11.1. The van der Waals surface area contributed by atoms with Crippen LogP contribution in [-0.2, 0) is 41.6 Å². The normalized spacial score (nSPS) is 11.1. The van der Waals surface area contributed by atoms with Gasteiger partial charge in [0.1, 0.15) is 12.3 Å². The van der Waals surface area contributed by atoms with E-state index in [-0.39, 0.29) is 12.5 Å². The Bertz CT molecular complexity index is 529. The summed E-state index contributed by atoms with van der Waals surface area (Å²) < 4.78 is 28.3. The van der Waals surface area contributed by atoms with Crippen LogP contribution >= 0.6 is 0 Å². The number of aromatic nitrogens is 3. The van der Waals surface area contributed by atoms with Gasteiger partial charge in [0.2, 0.25) is 5.91 Å². The van der Waals surface area contributed by atoms with E-state index in [1.807, 2.05) is 10.9 Å². The van der Waals surface area contributed by atoms with Crippen molar-refractivity contribution in [3.05, 3.63) is 11.9 Å². The van der Waals surface area contributed by atoms with Crippen LogP contribution in [0.1, 0.15) is 38.3 Å². The highest BCUT2D eigenvalue weighted by Gasteiger charge is 2.01. The Morgan fingerprint density at radius 1 is 0.967 bits per heavy atom. The molecule has 0 atom stereocenters. The molecule has 0 unspecified atom stereocenters. The molecule has 1 rings (SSSR count). The SMILES string of the molecule is CCCCCCn1cc(COCCOCCOCCOCCNC(=O)COC)nn1. The molecule has 1 aromatic heterocycles. The Morgan fingerprint density at radius 2 is 1.63 bits per heavy atom. The van der Waals surface area contributed by atoms with Gasteiger partial charge >= 0.3 is 0 Å². The fourth-order valence-corrected chi connectivity index (χ4v) is 2.50. The number of nitrogens with zero attached hydrogens (tertiary/aromatic N) is 3. The predicted molar refractivity (Wildman–Crippen MR) is 111 cm³/mol. The van der Waals surface area contributed by atoms with Crippen LogP contribution in [0.15, 0.2) is 6.20 Å². The number of carbonyl (C=O) groups excluding carboxylic acids is 1. The van der Waals surface area contributed by atoms with Crippen LogP contribution in [0.2, 0.25) is 0 Å². The zero-order chi connectivity index (χ0) is 21.7. The van der Waals surface area contributed by atoms with Gasteiger partial charge in [0.15, 0.2) is 0 Å². The smallest absolute Gasteiger partial charge is 0.246 e. The van der Waals surface area contributed by atoms with E-state index in [4.69, 9.17) is 23.7 Å². The number of carbonyl (C=O) groups is 1. The summed E-state index contributed by atoms with van der Waals surface area (Å²) in [6, 6.07) is 0. The Hall–Kier alpha value is -1.59. The van der Waals surface area contributed by atoms with Gasteiger partial charge in [-0.15, -0.1) is 5.10 Å². The average Bonchev–Trinajstić information content (AvgIpc) is 3.19. The van der Waals surface area contributed by atoms with Crippen molar-refractivity contribution in [2.45, 2.75) is 45.8 Å². The summed E-state index contributed by atoms with van der Waals surface area (Å²) in [6.07, 6.45) is 6.80. The van der Waals surface area contributed by atoms with Gasteiger partial charge in [-0.1, -0.05) is 31.4 Å². The molecule has 1 heterocycles. The molecule has 174 valence electrons. The maximum atomic E-state index is 11.1. The third-order valence-corrected chi connectivity index (χ3v) is 4.04. The third-order valence-electron chi connectivity index (χ3n) is 4.04. The van der Waals surface area contributed by atoms with Crippen LogP contribution in [0.4, 0.5) is 0 Å². The number of ether oxygens (including phenoxy) is 5. The average molecular weight is 431 g/mol. The standard InChI is InChI=1S/C20H38N4O6/c1-3-4-5-6-8-24-16-19(22-23-24)17-30-15-14-29-13-12-28-11-10-27-9-7-21-20(25)18-26-2/h16H,3-15,17-18H2,1-2H3,(H,21,25). The van der Waals surface area contributed by atoms with Gasteiger partial charge in [0.25, 0.3) is 0 Å². The third kappa shape index (κ3) is 15.3. The molecular formula is C20H38N4O6. The molecule has 0 aliphatic heterocycles. The van der Waals surface area contributed by atoms with E-state index in [2.05, 4.69) is 22.6 Å². The van der Waals surface area contributed by atoms with E-state index in [0.717, 1.165) is 18.7 Å². The van der Waals surface area contributed by atoms with E-state index >= 15 is 0 Å². The predicted octanol–water partition coefficient (Wildman–Crippen LogP) is 1.19. The van der Waals surface area contributed by atoms with Gasteiger partial charge in [-0.3, -0.25) is 9.48 Å². The molecule has 1 N–H and O–H groups in total. The fraction of sp³-hybridized carbons (Fsp3) is 0.850. The van der Waals surface area contributed by atoms with Crippen LogP contribution < -0.4 is 5.32 Å². The van der Waals surface area contributed by atoms with Gasteiger partial charge in [0.05, 0.1) is 59.1 Å². The van der Waals surface area contributed by atoms with Crippen molar-refractivity contribution in [3.63, 3.8) is 0 Å².